The van der Waals surface area contributed by atoms with Crippen LogP contribution in [0.25, 0.3) is 0 Å². The maximum absolute atomic E-state index is 12.2. The highest BCUT2D eigenvalue weighted by Crippen LogP contribution is 2.27. The Kier molecular flexibility index (Phi) is 5.85. The third-order valence-electron chi connectivity index (χ3n) is 4.13. The predicted molar refractivity (Wildman–Crippen MR) is 105 cm³/mol. The fourth-order valence-corrected chi connectivity index (χ4v) is 3.55. The quantitative estimate of drug-likeness (QED) is 0.644. The lowest BCUT2D eigenvalue weighted by molar-refractivity contribution is -0.115. The van der Waals surface area contributed by atoms with Crippen LogP contribution in [0.15, 0.2) is 52.4 Å². The molecule has 0 aliphatic carbocycles. The molecule has 1 amide bonds. The Bertz CT molecular complexity index is 838. The standard InChI is InChI=1S/C20H23N3O2S/c1-13(2)15-6-8-16(9-7-15)20(17-5-4-10-26-17)21-12-19(24)22-18-11-14(3)25-23-18/h4-11,13,20-21H,12H2,1-3H3,(H,22,23,24)/t20-/m0/s1. The number of nitrogens with one attached hydrogen (secondary N) is 2. The van der Waals surface area contributed by atoms with Gasteiger partial charge in [0.1, 0.15) is 5.76 Å². The summed E-state index contributed by atoms with van der Waals surface area (Å²) in [7, 11) is 0. The number of anilines is 1. The van der Waals surface area contributed by atoms with Crippen LogP contribution in [0.4, 0.5) is 5.82 Å². The van der Waals surface area contributed by atoms with E-state index in [4.69, 9.17) is 4.52 Å². The van der Waals surface area contributed by atoms with Crippen LogP contribution in [0.2, 0.25) is 0 Å². The number of carbonyl (C=O) groups is 1. The van der Waals surface area contributed by atoms with Crippen molar-refractivity contribution in [1.82, 2.24) is 10.5 Å². The largest absolute Gasteiger partial charge is 0.360 e. The number of thiophene rings is 1. The number of benzene rings is 1. The molecule has 2 aromatic heterocycles. The van der Waals surface area contributed by atoms with Gasteiger partial charge in [0, 0.05) is 10.9 Å². The molecule has 0 fully saturated rings. The maximum Gasteiger partial charge on any atom is 0.239 e. The first-order chi connectivity index (χ1) is 12.5. The Labute approximate surface area is 157 Å². The number of carbonyl (C=O) groups excluding carboxylic acids is 1. The van der Waals surface area contributed by atoms with Crippen LogP contribution in [-0.2, 0) is 4.79 Å². The maximum atomic E-state index is 12.2. The van der Waals surface area contributed by atoms with Crippen molar-refractivity contribution < 1.29 is 9.32 Å². The summed E-state index contributed by atoms with van der Waals surface area (Å²) >= 11 is 1.67. The molecule has 3 aromatic rings. The van der Waals surface area contributed by atoms with E-state index < -0.39 is 0 Å². The third kappa shape index (κ3) is 4.59. The van der Waals surface area contributed by atoms with Gasteiger partial charge < -0.3 is 9.84 Å². The second-order valence-corrected chi connectivity index (χ2v) is 7.50. The van der Waals surface area contributed by atoms with E-state index in [1.165, 1.54) is 10.4 Å². The van der Waals surface area contributed by atoms with E-state index in [0.717, 1.165) is 5.56 Å². The molecule has 2 N–H and O–H groups in total. The molecule has 5 nitrogen and oxygen atoms in total. The SMILES string of the molecule is Cc1cc(NC(=O)CN[C@@H](c2ccc(C(C)C)cc2)c2cccs2)no1. The van der Waals surface area contributed by atoms with E-state index in [-0.39, 0.29) is 18.5 Å². The van der Waals surface area contributed by atoms with E-state index in [9.17, 15) is 4.79 Å². The second kappa shape index (κ2) is 8.29. The van der Waals surface area contributed by atoms with Crippen molar-refractivity contribution in [2.75, 3.05) is 11.9 Å². The number of rotatable bonds is 7. The van der Waals surface area contributed by atoms with Crippen LogP contribution in [0, 0.1) is 6.92 Å². The van der Waals surface area contributed by atoms with Crippen molar-refractivity contribution in [3.63, 3.8) is 0 Å². The topological polar surface area (TPSA) is 67.2 Å². The van der Waals surface area contributed by atoms with Crippen molar-refractivity contribution in [1.29, 1.82) is 0 Å². The fraction of sp³-hybridized carbons (Fsp3) is 0.300. The molecule has 1 atom stereocenters. The van der Waals surface area contributed by atoms with Crippen molar-refractivity contribution in [3.8, 4) is 0 Å². The number of hydrogen-bond donors (Lipinski definition) is 2. The summed E-state index contributed by atoms with van der Waals surface area (Å²) < 4.78 is 4.97. The molecule has 26 heavy (non-hydrogen) atoms. The monoisotopic (exact) mass is 369 g/mol. The zero-order valence-corrected chi connectivity index (χ0v) is 16.0. The summed E-state index contributed by atoms with van der Waals surface area (Å²) in [5.41, 5.74) is 2.44. The summed E-state index contributed by atoms with van der Waals surface area (Å²) in [4.78, 5) is 13.4. The van der Waals surface area contributed by atoms with Crippen LogP contribution in [-0.4, -0.2) is 17.6 Å². The van der Waals surface area contributed by atoms with Gasteiger partial charge in [0.15, 0.2) is 5.82 Å². The molecule has 0 radical (unpaired) electrons. The molecule has 0 saturated carbocycles. The number of amides is 1. The molecule has 1 aromatic carbocycles. The lowest BCUT2D eigenvalue weighted by Crippen LogP contribution is -2.31. The molecular weight excluding hydrogens is 346 g/mol. The molecule has 0 aliphatic heterocycles. The lowest BCUT2D eigenvalue weighted by Gasteiger charge is -2.18. The minimum Gasteiger partial charge on any atom is -0.360 e. The van der Waals surface area contributed by atoms with E-state index in [1.807, 2.05) is 11.4 Å². The van der Waals surface area contributed by atoms with Gasteiger partial charge in [-0.05, 0) is 35.4 Å². The van der Waals surface area contributed by atoms with Crippen molar-refractivity contribution in [2.45, 2.75) is 32.7 Å². The zero-order valence-electron chi connectivity index (χ0n) is 15.2. The summed E-state index contributed by atoms with van der Waals surface area (Å²) in [5, 5.41) is 11.9. The van der Waals surface area contributed by atoms with Crippen LogP contribution < -0.4 is 10.6 Å². The smallest absolute Gasteiger partial charge is 0.239 e. The number of hydrogen-bond acceptors (Lipinski definition) is 5. The van der Waals surface area contributed by atoms with E-state index in [1.54, 1.807) is 24.3 Å². The lowest BCUT2D eigenvalue weighted by atomic mass is 9.98. The van der Waals surface area contributed by atoms with Crippen LogP contribution >= 0.6 is 11.3 Å². The molecule has 0 bridgehead atoms. The summed E-state index contributed by atoms with van der Waals surface area (Å²) in [5.74, 6) is 1.44. The van der Waals surface area contributed by atoms with Gasteiger partial charge in [-0.1, -0.05) is 49.3 Å². The van der Waals surface area contributed by atoms with Crippen molar-refractivity contribution >= 4 is 23.1 Å². The summed E-state index contributed by atoms with van der Waals surface area (Å²) in [6, 6.07) is 14.3. The van der Waals surface area contributed by atoms with Gasteiger partial charge in [-0.25, -0.2) is 0 Å². The number of aryl methyl sites for hydroxylation is 1. The second-order valence-electron chi connectivity index (χ2n) is 6.52. The minimum atomic E-state index is -0.154. The Morgan fingerprint density at radius 2 is 1.92 bits per heavy atom. The Hall–Kier alpha value is -2.44. The van der Waals surface area contributed by atoms with Crippen molar-refractivity contribution in [2.24, 2.45) is 0 Å². The number of aromatic nitrogens is 1. The molecular formula is C20H23N3O2S. The summed E-state index contributed by atoms with van der Waals surface area (Å²) in [6.45, 7) is 6.33. The average Bonchev–Trinajstić information content (AvgIpc) is 3.28. The Morgan fingerprint density at radius 3 is 2.50 bits per heavy atom. The molecule has 6 heteroatoms. The van der Waals surface area contributed by atoms with Crippen LogP contribution in [0.3, 0.4) is 0 Å². The third-order valence-corrected chi connectivity index (χ3v) is 5.06. The first-order valence-electron chi connectivity index (χ1n) is 8.62. The normalized spacial score (nSPS) is 12.3. The first-order valence-corrected chi connectivity index (χ1v) is 9.50. The first kappa shape index (κ1) is 18.4. The predicted octanol–water partition coefficient (Wildman–Crippen LogP) is 4.49. The molecule has 0 saturated heterocycles. The minimum absolute atomic E-state index is 0.0268. The molecule has 0 unspecified atom stereocenters. The van der Waals surface area contributed by atoms with E-state index >= 15 is 0 Å². The van der Waals surface area contributed by atoms with Gasteiger partial charge in [0.05, 0.1) is 12.6 Å². The van der Waals surface area contributed by atoms with Crippen LogP contribution in [0.5, 0.6) is 0 Å². The average molecular weight is 369 g/mol. The van der Waals surface area contributed by atoms with Gasteiger partial charge in [0.2, 0.25) is 5.91 Å². The highest BCUT2D eigenvalue weighted by Gasteiger charge is 2.17. The molecule has 3 rings (SSSR count). The number of nitrogens with zero attached hydrogens (tertiary/aromatic N) is 1. The van der Waals surface area contributed by atoms with Gasteiger partial charge in [-0.3, -0.25) is 10.1 Å². The van der Waals surface area contributed by atoms with Gasteiger partial charge in [-0.15, -0.1) is 11.3 Å². The van der Waals surface area contributed by atoms with Crippen LogP contribution in [0.1, 0.15) is 47.6 Å². The van der Waals surface area contributed by atoms with E-state index in [0.29, 0.717) is 17.5 Å². The molecule has 2 heterocycles. The van der Waals surface area contributed by atoms with Gasteiger partial charge >= 0.3 is 0 Å². The summed E-state index contributed by atoms with van der Waals surface area (Å²) in [6.07, 6.45) is 0. The zero-order chi connectivity index (χ0) is 18.5. The Balaban J connectivity index is 1.70. The van der Waals surface area contributed by atoms with E-state index in [2.05, 4.69) is 60.0 Å². The van der Waals surface area contributed by atoms with Crippen molar-refractivity contribution in [3.05, 3.63) is 69.6 Å². The molecule has 136 valence electrons. The molecule has 0 aliphatic rings. The highest BCUT2D eigenvalue weighted by atomic mass is 32.1. The van der Waals surface area contributed by atoms with Gasteiger partial charge in [-0.2, -0.15) is 0 Å². The highest BCUT2D eigenvalue weighted by molar-refractivity contribution is 7.10. The van der Waals surface area contributed by atoms with Gasteiger partial charge in [0.25, 0.3) is 0 Å². The Morgan fingerprint density at radius 1 is 1.19 bits per heavy atom. The fourth-order valence-electron chi connectivity index (χ4n) is 2.72. The molecule has 0 spiro atoms.